The first-order valence-corrected chi connectivity index (χ1v) is 5.19. The molecule has 0 radical (unpaired) electrons. The van der Waals surface area contributed by atoms with Crippen molar-refractivity contribution in [2.24, 2.45) is 5.41 Å². The predicted molar refractivity (Wildman–Crippen MR) is 60.8 cm³/mol. The number of carbonyl (C=O) groups excluding carboxylic acids is 1. The van der Waals surface area contributed by atoms with Crippen LogP contribution in [0.15, 0.2) is 18.3 Å². The summed E-state index contributed by atoms with van der Waals surface area (Å²) in [5.41, 5.74) is 2.54. The van der Waals surface area contributed by atoms with Crippen molar-refractivity contribution in [3.8, 4) is 0 Å². The zero-order valence-electron chi connectivity index (χ0n) is 9.37. The minimum absolute atomic E-state index is 0.151. The van der Waals surface area contributed by atoms with E-state index in [0.29, 0.717) is 5.56 Å². The third-order valence-corrected chi connectivity index (χ3v) is 2.56. The Hall–Kier alpha value is -1.44. The largest absolute Gasteiger partial charge is 0.294 e. The molecule has 78 valence electrons. The summed E-state index contributed by atoms with van der Waals surface area (Å²) in [5, 5.41) is 0. The summed E-state index contributed by atoms with van der Waals surface area (Å²) < 4.78 is 0. The molecule has 2 nitrogen and oxygen atoms in total. The maximum atomic E-state index is 12.0. The molecule has 0 amide bonds. The molecule has 0 fully saturated rings. The molecule has 0 saturated carbocycles. The number of rotatable bonds is 1. The third kappa shape index (κ3) is 1.84. The van der Waals surface area contributed by atoms with E-state index in [-0.39, 0.29) is 11.2 Å². The van der Waals surface area contributed by atoms with Crippen molar-refractivity contribution < 1.29 is 4.79 Å². The Labute approximate surface area is 90.0 Å². The fraction of sp³-hybridized carbons (Fsp3) is 0.385. The summed E-state index contributed by atoms with van der Waals surface area (Å²) >= 11 is 0. The molecule has 0 aromatic carbocycles. The Kier molecular flexibility index (Phi) is 2.22. The number of carbonyl (C=O) groups is 1. The summed E-state index contributed by atoms with van der Waals surface area (Å²) in [4.78, 5) is 16.3. The Balaban J connectivity index is 2.39. The van der Waals surface area contributed by atoms with Gasteiger partial charge < -0.3 is 0 Å². The van der Waals surface area contributed by atoms with Crippen molar-refractivity contribution in [2.75, 3.05) is 0 Å². The number of nitrogens with zero attached hydrogens (tertiary/aromatic N) is 1. The molecule has 0 aliphatic heterocycles. The van der Waals surface area contributed by atoms with Gasteiger partial charge in [0.05, 0.1) is 5.69 Å². The molecule has 1 aromatic rings. The highest BCUT2D eigenvalue weighted by molar-refractivity contribution is 6.00. The molecule has 2 heteroatoms. The van der Waals surface area contributed by atoms with E-state index >= 15 is 0 Å². The lowest BCUT2D eigenvalue weighted by Gasteiger charge is -2.16. The Morgan fingerprint density at radius 2 is 2.13 bits per heavy atom. The van der Waals surface area contributed by atoms with Gasteiger partial charge in [-0.3, -0.25) is 9.78 Å². The van der Waals surface area contributed by atoms with Crippen LogP contribution in [0.5, 0.6) is 0 Å². The van der Waals surface area contributed by atoms with Gasteiger partial charge in [-0.1, -0.05) is 32.9 Å². The Morgan fingerprint density at radius 3 is 2.80 bits per heavy atom. The molecule has 0 saturated heterocycles. The van der Waals surface area contributed by atoms with E-state index in [4.69, 9.17) is 0 Å². The van der Waals surface area contributed by atoms with E-state index in [1.165, 1.54) is 0 Å². The average Bonchev–Trinajstić information content (AvgIpc) is 2.61. The fourth-order valence-corrected chi connectivity index (χ4v) is 1.68. The highest BCUT2D eigenvalue weighted by Crippen LogP contribution is 2.24. The highest BCUT2D eigenvalue weighted by atomic mass is 16.1. The molecular formula is C13H15NO. The molecule has 0 unspecified atom stereocenters. The van der Waals surface area contributed by atoms with Crippen molar-refractivity contribution >= 4 is 11.9 Å². The molecular weight excluding hydrogens is 186 g/mol. The van der Waals surface area contributed by atoms with E-state index in [1.54, 1.807) is 6.20 Å². The van der Waals surface area contributed by atoms with Crippen LogP contribution in [0, 0.1) is 5.41 Å². The number of hydrogen-bond donors (Lipinski definition) is 0. The molecule has 1 aliphatic rings. The summed E-state index contributed by atoms with van der Waals surface area (Å²) in [7, 11) is 0. The van der Waals surface area contributed by atoms with Crippen molar-refractivity contribution in [3.63, 3.8) is 0 Å². The van der Waals surface area contributed by atoms with Gasteiger partial charge in [0.2, 0.25) is 0 Å². The van der Waals surface area contributed by atoms with Crippen LogP contribution < -0.4 is 0 Å². The summed E-state index contributed by atoms with van der Waals surface area (Å²) in [6.45, 7) is 5.79. The second-order valence-corrected chi connectivity index (χ2v) is 4.95. The predicted octanol–water partition coefficient (Wildman–Crippen LogP) is 2.88. The lowest BCUT2D eigenvalue weighted by molar-refractivity contribution is 0.0858. The Bertz CT molecular complexity index is 438. The molecule has 1 aromatic heterocycles. The average molecular weight is 201 g/mol. The quantitative estimate of drug-likeness (QED) is 0.654. The minimum Gasteiger partial charge on any atom is -0.294 e. The first-order valence-electron chi connectivity index (χ1n) is 5.19. The van der Waals surface area contributed by atoms with Gasteiger partial charge in [0.1, 0.15) is 0 Å². The minimum atomic E-state index is -0.335. The molecule has 2 rings (SSSR count). The highest BCUT2D eigenvalue weighted by Gasteiger charge is 2.23. The number of pyridine rings is 1. The number of allylic oxidation sites excluding steroid dienone is 1. The second kappa shape index (κ2) is 3.30. The third-order valence-electron chi connectivity index (χ3n) is 2.56. The monoisotopic (exact) mass is 201 g/mol. The Morgan fingerprint density at radius 1 is 1.40 bits per heavy atom. The lowest BCUT2D eigenvalue weighted by atomic mass is 9.87. The molecule has 15 heavy (non-hydrogen) atoms. The van der Waals surface area contributed by atoms with Gasteiger partial charge >= 0.3 is 0 Å². The number of aromatic nitrogens is 1. The van der Waals surface area contributed by atoms with E-state index in [2.05, 4.69) is 11.1 Å². The summed E-state index contributed by atoms with van der Waals surface area (Å²) in [6.07, 6.45) is 6.68. The molecule has 0 spiro atoms. The SMILES string of the molecule is CC(C)(C)C(=O)c1cnc2c(c1)C=CC2. The normalized spacial score (nSPS) is 14.1. The van der Waals surface area contributed by atoms with Gasteiger partial charge in [0.25, 0.3) is 0 Å². The molecule has 0 bridgehead atoms. The zero-order valence-corrected chi connectivity index (χ0v) is 9.37. The molecule has 0 atom stereocenters. The number of fused-ring (bicyclic) bond motifs is 1. The van der Waals surface area contributed by atoms with Gasteiger partial charge in [0, 0.05) is 23.6 Å². The van der Waals surface area contributed by atoms with E-state index < -0.39 is 0 Å². The summed E-state index contributed by atoms with van der Waals surface area (Å²) in [5.74, 6) is 0.151. The number of hydrogen-bond acceptors (Lipinski definition) is 2. The number of ketones is 1. The van der Waals surface area contributed by atoms with Crippen LogP contribution in [0.1, 0.15) is 42.4 Å². The first kappa shape index (κ1) is 10.1. The molecule has 1 aliphatic carbocycles. The van der Waals surface area contributed by atoms with Crippen LogP contribution in [-0.4, -0.2) is 10.8 Å². The van der Waals surface area contributed by atoms with Gasteiger partial charge in [-0.2, -0.15) is 0 Å². The fourth-order valence-electron chi connectivity index (χ4n) is 1.68. The van der Waals surface area contributed by atoms with Crippen molar-refractivity contribution in [3.05, 3.63) is 35.2 Å². The van der Waals surface area contributed by atoms with Crippen LogP contribution >= 0.6 is 0 Å². The van der Waals surface area contributed by atoms with Crippen LogP contribution in [-0.2, 0) is 6.42 Å². The van der Waals surface area contributed by atoms with Gasteiger partial charge in [-0.05, 0) is 11.6 Å². The lowest BCUT2D eigenvalue weighted by Crippen LogP contribution is -2.20. The van der Waals surface area contributed by atoms with Crippen molar-refractivity contribution in [1.82, 2.24) is 4.98 Å². The van der Waals surface area contributed by atoms with Crippen LogP contribution in [0.2, 0.25) is 0 Å². The van der Waals surface area contributed by atoms with E-state index in [0.717, 1.165) is 17.7 Å². The van der Waals surface area contributed by atoms with Gasteiger partial charge in [-0.15, -0.1) is 0 Å². The van der Waals surface area contributed by atoms with Crippen molar-refractivity contribution in [2.45, 2.75) is 27.2 Å². The maximum Gasteiger partial charge on any atom is 0.169 e. The van der Waals surface area contributed by atoms with Crippen LogP contribution in [0.4, 0.5) is 0 Å². The first-order chi connectivity index (χ1) is 6.98. The van der Waals surface area contributed by atoms with Gasteiger partial charge in [-0.25, -0.2) is 0 Å². The number of Topliss-reactive ketones (excluding diaryl/α,β-unsaturated/α-hetero) is 1. The summed E-state index contributed by atoms with van der Waals surface area (Å²) in [6, 6.07) is 1.94. The molecule has 1 heterocycles. The topological polar surface area (TPSA) is 30.0 Å². The zero-order chi connectivity index (χ0) is 11.1. The van der Waals surface area contributed by atoms with Crippen molar-refractivity contribution in [1.29, 1.82) is 0 Å². The van der Waals surface area contributed by atoms with Crippen LogP contribution in [0.3, 0.4) is 0 Å². The standard InChI is InChI=1S/C13H15NO/c1-13(2,3)12(15)10-7-9-5-4-6-11(9)14-8-10/h4-5,7-8H,6H2,1-3H3. The maximum absolute atomic E-state index is 12.0. The molecule has 0 N–H and O–H groups in total. The van der Waals surface area contributed by atoms with Crippen LogP contribution in [0.25, 0.3) is 6.08 Å². The second-order valence-electron chi connectivity index (χ2n) is 4.95. The van der Waals surface area contributed by atoms with Gasteiger partial charge in [0.15, 0.2) is 5.78 Å². The van der Waals surface area contributed by atoms with E-state index in [1.807, 2.05) is 32.9 Å². The van der Waals surface area contributed by atoms with E-state index in [9.17, 15) is 4.79 Å². The smallest absolute Gasteiger partial charge is 0.169 e.